The van der Waals surface area contributed by atoms with Crippen LogP contribution in [0.3, 0.4) is 0 Å². The van der Waals surface area contributed by atoms with Crippen molar-refractivity contribution >= 4 is 12.3 Å². The van der Waals surface area contributed by atoms with Gasteiger partial charge in [0.1, 0.15) is 6.29 Å². The first-order chi connectivity index (χ1) is 7.99. The minimum absolute atomic E-state index is 0.138. The first kappa shape index (κ1) is 13.0. The van der Waals surface area contributed by atoms with E-state index in [1.165, 1.54) is 19.2 Å². The highest BCUT2D eigenvalue weighted by molar-refractivity contribution is 5.80. The summed E-state index contributed by atoms with van der Waals surface area (Å²) in [7, 11) is 1.39. The lowest BCUT2D eigenvalue weighted by molar-refractivity contribution is -0.141. The van der Waals surface area contributed by atoms with Crippen molar-refractivity contribution in [1.29, 1.82) is 0 Å². The molecule has 0 aliphatic rings. The molecular weight excluding hydrogens is 224 g/mol. The maximum atomic E-state index is 10.8. The van der Waals surface area contributed by atoms with Crippen molar-refractivity contribution in [3.8, 4) is 11.5 Å². The molecular formula is C12H14O5. The summed E-state index contributed by atoms with van der Waals surface area (Å²) in [6, 6.07) is 2.76. The van der Waals surface area contributed by atoms with E-state index in [0.717, 1.165) is 0 Å². The van der Waals surface area contributed by atoms with Crippen LogP contribution in [0.5, 0.6) is 11.5 Å². The zero-order chi connectivity index (χ0) is 13.0. The predicted molar refractivity (Wildman–Crippen MR) is 60.6 cm³/mol. The smallest absolute Gasteiger partial charge is 0.306 e. The molecule has 0 aromatic heterocycles. The minimum Gasteiger partial charge on any atom is -0.504 e. The number of aliphatic carboxylic acids is 1. The number of aromatic hydroxyl groups is 1. The number of hydrogen-bond donors (Lipinski definition) is 2. The molecule has 0 aliphatic heterocycles. The van der Waals surface area contributed by atoms with Gasteiger partial charge in [0.2, 0.25) is 0 Å². The molecule has 92 valence electrons. The van der Waals surface area contributed by atoms with Gasteiger partial charge in [0.15, 0.2) is 11.5 Å². The number of phenolic OH excluding ortho intramolecular Hbond substituents is 1. The summed E-state index contributed by atoms with van der Waals surface area (Å²) < 4.78 is 4.91. The number of carboxylic acids is 1. The fourth-order valence-electron chi connectivity index (χ4n) is 1.49. The molecule has 0 spiro atoms. The molecule has 0 saturated heterocycles. The molecule has 1 atom stereocenters. The number of phenols is 1. The van der Waals surface area contributed by atoms with Crippen molar-refractivity contribution < 1.29 is 24.5 Å². The van der Waals surface area contributed by atoms with Crippen LogP contribution in [0.4, 0.5) is 0 Å². The number of hydrogen-bond acceptors (Lipinski definition) is 4. The second-order valence-corrected chi connectivity index (χ2v) is 3.78. The van der Waals surface area contributed by atoms with Gasteiger partial charge in [0.25, 0.3) is 0 Å². The molecule has 0 radical (unpaired) electrons. The number of rotatable bonds is 5. The zero-order valence-electron chi connectivity index (χ0n) is 9.64. The van der Waals surface area contributed by atoms with E-state index in [1.807, 2.05) is 0 Å². The fourth-order valence-corrected chi connectivity index (χ4v) is 1.49. The molecule has 0 aliphatic carbocycles. The molecule has 0 amide bonds. The van der Waals surface area contributed by atoms with E-state index in [9.17, 15) is 14.7 Å². The van der Waals surface area contributed by atoms with Crippen LogP contribution in [0.15, 0.2) is 12.1 Å². The molecule has 0 fully saturated rings. The summed E-state index contributed by atoms with van der Waals surface area (Å²) in [5, 5.41) is 18.3. The van der Waals surface area contributed by atoms with Crippen LogP contribution in [-0.4, -0.2) is 29.6 Å². The quantitative estimate of drug-likeness (QED) is 0.759. The number of methoxy groups -OCH3 is 1. The van der Waals surface area contributed by atoms with Gasteiger partial charge in [-0.2, -0.15) is 0 Å². The molecule has 17 heavy (non-hydrogen) atoms. The summed E-state index contributed by atoms with van der Waals surface area (Å²) in [5.41, 5.74) is 0.820. The molecule has 0 heterocycles. The van der Waals surface area contributed by atoms with Crippen molar-refractivity contribution in [1.82, 2.24) is 0 Å². The van der Waals surface area contributed by atoms with Crippen LogP contribution in [0.2, 0.25) is 0 Å². The van der Waals surface area contributed by atoms with E-state index < -0.39 is 11.9 Å². The summed E-state index contributed by atoms with van der Waals surface area (Å²) in [6.07, 6.45) is 0.795. The van der Waals surface area contributed by atoms with E-state index in [2.05, 4.69) is 0 Å². The number of carboxylic acid groups (broad SMARTS) is 1. The molecule has 1 rings (SSSR count). The minimum atomic E-state index is -0.936. The number of carbonyl (C=O) groups is 2. The van der Waals surface area contributed by atoms with Gasteiger partial charge < -0.3 is 14.9 Å². The van der Waals surface area contributed by atoms with Crippen LogP contribution in [0, 0.1) is 5.92 Å². The largest absolute Gasteiger partial charge is 0.504 e. The van der Waals surface area contributed by atoms with Crippen molar-refractivity contribution in [2.75, 3.05) is 7.11 Å². The van der Waals surface area contributed by atoms with Crippen molar-refractivity contribution in [2.45, 2.75) is 13.3 Å². The maximum absolute atomic E-state index is 10.8. The van der Waals surface area contributed by atoms with Gasteiger partial charge in [0, 0.05) is 5.56 Å². The summed E-state index contributed by atoms with van der Waals surface area (Å²) in [6.45, 7) is 1.55. The first-order valence-corrected chi connectivity index (χ1v) is 5.07. The summed E-state index contributed by atoms with van der Waals surface area (Å²) in [4.78, 5) is 21.6. The molecule has 1 aromatic carbocycles. The Morgan fingerprint density at radius 1 is 1.53 bits per heavy atom. The first-order valence-electron chi connectivity index (χ1n) is 5.07. The van der Waals surface area contributed by atoms with E-state index in [0.29, 0.717) is 11.8 Å². The van der Waals surface area contributed by atoms with Gasteiger partial charge in [-0.25, -0.2) is 0 Å². The van der Waals surface area contributed by atoms with E-state index in [1.54, 1.807) is 6.92 Å². The highest BCUT2D eigenvalue weighted by atomic mass is 16.5. The Morgan fingerprint density at radius 3 is 2.65 bits per heavy atom. The third kappa shape index (κ3) is 2.96. The molecule has 1 aromatic rings. The summed E-state index contributed by atoms with van der Waals surface area (Å²) in [5.74, 6) is -1.46. The second-order valence-electron chi connectivity index (χ2n) is 3.78. The Labute approximate surface area is 98.6 Å². The third-order valence-electron chi connectivity index (χ3n) is 2.52. The van der Waals surface area contributed by atoms with Crippen LogP contribution >= 0.6 is 0 Å². The van der Waals surface area contributed by atoms with Crippen LogP contribution in [-0.2, 0) is 11.2 Å². The second kappa shape index (κ2) is 5.34. The normalized spacial score (nSPS) is 11.9. The highest BCUT2D eigenvalue weighted by Gasteiger charge is 2.16. The van der Waals surface area contributed by atoms with Gasteiger partial charge in [-0.15, -0.1) is 0 Å². The predicted octanol–water partition coefficient (Wildman–Crippen LogP) is 1.48. The van der Waals surface area contributed by atoms with Crippen molar-refractivity contribution in [3.05, 3.63) is 23.3 Å². The van der Waals surface area contributed by atoms with Gasteiger partial charge in [-0.1, -0.05) is 6.92 Å². The molecule has 2 N–H and O–H groups in total. The van der Waals surface area contributed by atoms with Crippen LogP contribution in [0.1, 0.15) is 22.8 Å². The molecule has 0 bridgehead atoms. The number of carbonyl (C=O) groups excluding carboxylic acids is 1. The Kier molecular flexibility index (Phi) is 4.09. The van der Waals surface area contributed by atoms with E-state index >= 15 is 0 Å². The number of aldehydes is 1. The zero-order valence-corrected chi connectivity index (χ0v) is 9.64. The van der Waals surface area contributed by atoms with Crippen LogP contribution in [0.25, 0.3) is 0 Å². The Morgan fingerprint density at radius 2 is 2.18 bits per heavy atom. The van der Waals surface area contributed by atoms with Gasteiger partial charge in [0.05, 0.1) is 13.0 Å². The Balaban J connectivity index is 3.12. The lowest BCUT2D eigenvalue weighted by Gasteiger charge is -2.11. The number of ether oxygens (including phenoxy) is 1. The lowest BCUT2D eigenvalue weighted by Crippen LogP contribution is -2.13. The number of benzene rings is 1. The van der Waals surface area contributed by atoms with Gasteiger partial charge in [-0.3, -0.25) is 9.59 Å². The molecule has 5 heteroatoms. The van der Waals surface area contributed by atoms with Gasteiger partial charge in [-0.05, 0) is 24.1 Å². The average molecular weight is 238 g/mol. The average Bonchev–Trinajstić information content (AvgIpc) is 2.30. The summed E-state index contributed by atoms with van der Waals surface area (Å²) >= 11 is 0. The third-order valence-corrected chi connectivity index (χ3v) is 2.52. The Hall–Kier alpha value is -2.04. The SMILES string of the molecule is COc1cc(CC(C)C(=O)O)c(C=O)cc1O. The lowest BCUT2D eigenvalue weighted by atomic mass is 9.97. The highest BCUT2D eigenvalue weighted by Crippen LogP contribution is 2.30. The van der Waals surface area contributed by atoms with Crippen molar-refractivity contribution in [3.63, 3.8) is 0 Å². The van der Waals surface area contributed by atoms with Crippen molar-refractivity contribution in [2.24, 2.45) is 5.92 Å². The Bertz CT molecular complexity index is 439. The standard InChI is InChI=1S/C12H14O5/c1-7(12(15)16)3-8-5-11(17-2)10(14)4-9(8)6-13/h4-7,14H,3H2,1-2H3,(H,15,16). The van der Waals surface area contributed by atoms with Gasteiger partial charge >= 0.3 is 5.97 Å². The van der Waals surface area contributed by atoms with E-state index in [-0.39, 0.29) is 23.5 Å². The maximum Gasteiger partial charge on any atom is 0.306 e. The van der Waals surface area contributed by atoms with Crippen LogP contribution < -0.4 is 4.74 Å². The van der Waals surface area contributed by atoms with E-state index in [4.69, 9.17) is 9.84 Å². The topological polar surface area (TPSA) is 83.8 Å². The molecule has 0 saturated carbocycles. The fraction of sp³-hybridized carbons (Fsp3) is 0.333. The monoisotopic (exact) mass is 238 g/mol. The molecule has 1 unspecified atom stereocenters. The molecule has 5 nitrogen and oxygen atoms in total.